The Morgan fingerprint density at radius 3 is 2.55 bits per heavy atom. The minimum atomic E-state index is -3.22. The van der Waals surface area contributed by atoms with Gasteiger partial charge >= 0.3 is 0 Å². The summed E-state index contributed by atoms with van der Waals surface area (Å²) in [6.45, 7) is 6.35. The van der Waals surface area contributed by atoms with E-state index in [0.29, 0.717) is 6.54 Å². The summed E-state index contributed by atoms with van der Waals surface area (Å²) in [5, 5.41) is 2.98. The number of para-hydroxylation sites is 1. The molecule has 122 valence electrons. The summed E-state index contributed by atoms with van der Waals surface area (Å²) >= 11 is 0. The van der Waals surface area contributed by atoms with E-state index < -0.39 is 10.0 Å². The molecule has 1 atom stereocenters. The van der Waals surface area contributed by atoms with Crippen LogP contribution in [0.2, 0.25) is 0 Å². The SMILES string of the molecule is CCS(=O)(=O)N1CCCC(C(=O)Nc2c(C)cccc2C)C1. The number of sulfonamides is 1. The first kappa shape index (κ1) is 17.0. The zero-order valence-electron chi connectivity index (χ0n) is 13.4. The summed E-state index contributed by atoms with van der Waals surface area (Å²) in [5.41, 5.74) is 2.87. The number of rotatable bonds is 4. The van der Waals surface area contributed by atoms with Crippen LogP contribution < -0.4 is 5.32 Å². The van der Waals surface area contributed by atoms with E-state index in [1.165, 1.54) is 4.31 Å². The molecule has 1 saturated heterocycles. The molecule has 22 heavy (non-hydrogen) atoms. The fourth-order valence-electron chi connectivity index (χ4n) is 2.83. The lowest BCUT2D eigenvalue weighted by Gasteiger charge is -2.31. The maximum Gasteiger partial charge on any atom is 0.228 e. The molecule has 0 spiro atoms. The van der Waals surface area contributed by atoms with Crippen LogP contribution >= 0.6 is 0 Å². The van der Waals surface area contributed by atoms with Crippen LogP contribution in [0, 0.1) is 19.8 Å². The zero-order chi connectivity index (χ0) is 16.3. The number of carbonyl (C=O) groups excluding carboxylic acids is 1. The number of hydrogen-bond acceptors (Lipinski definition) is 3. The van der Waals surface area contributed by atoms with Gasteiger partial charge in [0, 0.05) is 18.8 Å². The van der Waals surface area contributed by atoms with Crippen molar-refractivity contribution in [3.05, 3.63) is 29.3 Å². The molecule has 1 unspecified atom stereocenters. The van der Waals surface area contributed by atoms with Gasteiger partial charge in [0.2, 0.25) is 15.9 Å². The number of hydrogen-bond donors (Lipinski definition) is 1. The second-order valence-electron chi connectivity index (χ2n) is 5.85. The second kappa shape index (κ2) is 6.79. The Morgan fingerprint density at radius 2 is 1.95 bits per heavy atom. The Labute approximate surface area is 132 Å². The van der Waals surface area contributed by atoms with Gasteiger partial charge in [-0.25, -0.2) is 12.7 Å². The van der Waals surface area contributed by atoms with E-state index >= 15 is 0 Å². The van der Waals surface area contributed by atoms with Gasteiger partial charge in [-0.05, 0) is 44.7 Å². The van der Waals surface area contributed by atoms with Crippen LogP contribution in [0.4, 0.5) is 5.69 Å². The van der Waals surface area contributed by atoms with Crippen LogP contribution in [0.25, 0.3) is 0 Å². The van der Waals surface area contributed by atoms with Gasteiger partial charge in [0.05, 0.1) is 11.7 Å². The third-order valence-corrected chi connectivity index (χ3v) is 6.09. The predicted octanol–water partition coefficient (Wildman–Crippen LogP) is 2.30. The van der Waals surface area contributed by atoms with Gasteiger partial charge < -0.3 is 5.32 Å². The van der Waals surface area contributed by atoms with Gasteiger partial charge in [-0.2, -0.15) is 0 Å². The van der Waals surface area contributed by atoms with E-state index in [-0.39, 0.29) is 24.1 Å². The normalized spacial score (nSPS) is 19.9. The number of amides is 1. The topological polar surface area (TPSA) is 66.5 Å². The van der Waals surface area contributed by atoms with Gasteiger partial charge in [0.15, 0.2) is 0 Å². The number of nitrogens with zero attached hydrogens (tertiary/aromatic N) is 1. The third kappa shape index (κ3) is 3.67. The van der Waals surface area contributed by atoms with Crippen LogP contribution in [0.3, 0.4) is 0 Å². The van der Waals surface area contributed by atoms with Crippen molar-refractivity contribution < 1.29 is 13.2 Å². The lowest BCUT2D eigenvalue weighted by Crippen LogP contribution is -2.44. The van der Waals surface area contributed by atoms with Crippen LogP contribution in [-0.2, 0) is 14.8 Å². The van der Waals surface area contributed by atoms with Crippen LogP contribution in [-0.4, -0.2) is 37.5 Å². The molecule has 1 aromatic carbocycles. The van der Waals surface area contributed by atoms with E-state index in [2.05, 4.69) is 5.32 Å². The van der Waals surface area contributed by atoms with Gasteiger partial charge in [-0.1, -0.05) is 18.2 Å². The molecule has 1 aromatic rings. The molecule has 0 saturated carbocycles. The van der Waals surface area contributed by atoms with Crippen molar-refractivity contribution in [2.45, 2.75) is 33.6 Å². The highest BCUT2D eigenvalue weighted by Gasteiger charge is 2.31. The highest BCUT2D eigenvalue weighted by Crippen LogP contribution is 2.24. The maximum absolute atomic E-state index is 12.5. The number of carbonyl (C=O) groups is 1. The molecule has 0 aliphatic carbocycles. The van der Waals surface area contributed by atoms with Crippen molar-refractivity contribution in [1.29, 1.82) is 0 Å². The van der Waals surface area contributed by atoms with Crippen molar-refractivity contribution >= 4 is 21.6 Å². The fraction of sp³-hybridized carbons (Fsp3) is 0.562. The van der Waals surface area contributed by atoms with Crippen molar-refractivity contribution in [3.8, 4) is 0 Å². The molecule has 1 aliphatic rings. The molecule has 0 aromatic heterocycles. The van der Waals surface area contributed by atoms with Crippen LogP contribution in [0.15, 0.2) is 18.2 Å². The minimum absolute atomic E-state index is 0.0816. The lowest BCUT2D eigenvalue weighted by molar-refractivity contribution is -0.120. The standard InChI is InChI=1S/C16H24N2O3S/c1-4-22(20,21)18-10-6-9-14(11-18)16(19)17-15-12(2)7-5-8-13(15)3/h5,7-8,14H,4,6,9-11H2,1-3H3,(H,17,19). The Bertz CT molecular complexity index is 635. The zero-order valence-corrected chi connectivity index (χ0v) is 14.2. The van der Waals surface area contributed by atoms with E-state index in [4.69, 9.17) is 0 Å². The van der Waals surface area contributed by atoms with Crippen molar-refractivity contribution in [1.82, 2.24) is 4.31 Å². The number of piperidine rings is 1. The molecular formula is C16H24N2O3S. The fourth-order valence-corrected chi connectivity index (χ4v) is 4.01. The number of anilines is 1. The lowest BCUT2D eigenvalue weighted by atomic mass is 9.98. The summed E-state index contributed by atoms with van der Waals surface area (Å²) in [6.07, 6.45) is 1.45. The van der Waals surface area contributed by atoms with Crippen molar-refractivity contribution in [3.63, 3.8) is 0 Å². The first-order chi connectivity index (χ1) is 10.3. The van der Waals surface area contributed by atoms with Gasteiger partial charge in [-0.15, -0.1) is 0 Å². The molecule has 2 rings (SSSR count). The summed E-state index contributed by atoms with van der Waals surface area (Å²) in [6, 6.07) is 5.87. The molecule has 1 N–H and O–H groups in total. The van der Waals surface area contributed by atoms with Gasteiger partial charge in [-0.3, -0.25) is 4.79 Å². The molecular weight excluding hydrogens is 300 g/mol. The number of nitrogens with one attached hydrogen (secondary N) is 1. The first-order valence-corrected chi connectivity index (χ1v) is 9.31. The molecule has 1 aliphatic heterocycles. The average Bonchev–Trinajstić information content (AvgIpc) is 2.51. The highest BCUT2D eigenvalue weighted by molar-refractivity contribution is 7.89. The Hall–Kier alpha value is -1.40. The molecule has 1 fully saturated rings. The van der Waals surface area contributed by atoms with Gasteiger partial charge in [0.1, 0.15) is 0 Å². The Kier molecular flexibility index (Phi) is 5.24. The minimum Gasteiger partial charge on any atom is -0.325 e. The Balaban J connectivity index is 2.10. The molecule has 5 nitrogen and oxygen atoms in total. The molecule has 1 heterocycles. The summed E-state index contributed by atoms with van der Waals surface area (Å²) in [5.74, 6) is -0.291. The monoisotopic (exact) mass is 324 g/mol. The average molecular weight is 324 g/mol. The Morgan fingerprint density at radius 1 is 1.32 bits per heavy atom. The second-order valence-corrected chi connectivity index (χ2v) is 8.11. The molecule has 6 heteroatoms. The highest BCUT2D eigenvalue weighted by atomic mass is 32.2. The number of aryl methyl sites for hydroxylation is 2. The van der Waals surface area contributed by atoms with Crippen LogP contribution in [0.1, 0.15) is 30.9 Å². The summed E-state index contributed by atoms with van der Waals surface area (Å²) in [7, 11) is -3.22. The smallest absolute Gasteiger partial charge is 0.228 e. The summed E-state index contributed by atoms with van der Waals surface area (Å²) in [4.78, 5) is 12.5. The van der Waals surface area contributed by atoms with Crippen molar-refractivity contribution in [2.75, 3.05) is 24.2 Å². The largest absolute Gasteiger partial charge is 0.325 e. The van der Waals surface area contributed by atoms with E-state index in [9.17, 15) is 13.2 Å². The quantitative estimate of drug-likeness (QED) is 0.924. The molecule has 0 bridgehead atoms. The maximum atomic E-state index is 12.5. The van der Waals surface area contributed by atoms with E-state index in [0.717, 1.165) is 29.7 Å². The van der Waals surface area contributed by atoms with Crippen LogP contribution in [0.5, 0.6) is 0 Å². The molecule has 1 amide bonds. The number of benzene rings is 1. The summed E-state index contributed by atoms with van der Waals surface area (Å²) < 4.78 is 25.4. The van der Waals surface area contributed by atoms with Gasteiger partial charge in [0.25, 0.3) is 0 Å². The first-order valence-electron chi connectivity index (χ1n) is 7.70. The third-order valence-electron chi connectivity index (χ3n) is 4.24. The van der Waals surface area contributed by atoms with Crippen molar-refractivity contribution in [2.24, 2.45) is 5.92 Å². The van der Waals surface area contributed by atoms with E-state index in [1.807, 2.05) is 32.0 Å². The predicted molar refractivity (Wildman–Crippen MR) is 88.3 cm³/mol. The molecule has 0 radical (unpaired) electrons. The van der Waals surface area contributed by atoms with E-state index in [1.54, 1.807) is 6.92 Å².